The summed E-state index contributed by atoms with van der Waals surface area (Å²) >= 11 is 0. The molecule has 0 atom stereocenters. The van der Waals surface area contributed by atoms with E-state index in [0.717, 1.165) is 22.4 Å². The minimum absolute atomic E-state index is 0.0581. The zero-order chi connectivity index (χ0) is 17.9. The van der Waals surface area contributed by atoms with Gasteiger partial charge in [0, 0.05) is 0 Å². The van der Waals surface area contributed by atoms with Gasteiger partial charge in [0.2, 0.25) is 5.91 Å². The van der Waals surface area contributed by atoms with Gasteiger partial charge in [0.05, 0.1) is 17.7 Å². The molecule has 1 amide bonds. The summed E-state index contributed by atoms with van der Waals surface area (Å²) in [5, 5.41) is 1.94. The lowest BCUT2D eigenvalue weighted by Crippen LogP contribution is -2.31. The monoisotopic (exact) mass is 344 g/mol. The van der Waals surface area contributed by atoms with Crippen molar-refractivity contribution in [3.8, 4) is 0 Å². The number of halogens is 3. The van der Waals surface area contributed by atoms with Crippen LogP contribution in [0.25, 0.3) is 10.8 Å². The average molecular weight is 344 g/mol. The molecular formula is C19H15F3N2O. The molecule has 0 spiro atoms. The Balaban J connectivity index is 1.72. The average Bonchev–Trinajstić information content (AvgIpc) is 2.60. The summed E-state index contributed by atoms with van der Waals surface area (Å²) in [6.07, 6.45) is -4.44. The van der Waals surface area contributed by atoms with Crippen LogP contribution in [0.3, 0.4) is 0 Å². The Morgan fingerprint density at radius 1 is 0.880 bits per heavy atom. The fraction of sp³-hybridized carbons (Fsp3) is 0.105. The Bertz CT molecular complexity index is 901. The highest BCUT2D eigenvalue weighted by molar-refractivity contribution is 5.90. The SMILES string of the molecule is O=C(Cc1cccc2ccccc12)NNc1ccccc1C(F)(F)F. The number of fused-ring (bicyclic) bond motifs is 1. The third kappa shape index (κ3) is 3.91. The van der Waals surface area contributed by atoms with Crippen molar-refractivity contribution >= 4 is 22.4 Å². The Kier molecular flexibility index (Phi) is 4.61. The number of para-hydroxylation sites is 1. The van der Waals surface area contributed by atoms with Crippen LogP contribution in [0.1, 0.15) is 11.1 Å². The van der Waals surface area contributed by atoms with Gasteiger partial charge < -0.3 is 0 Å². The van der Waals surface area contributed by atoms with E-state index in [1.54, 1.807) is 0 Å². The minimum atomic E-state index is -4.50. The molecule has 3 aromatic carbocycles. The molecule has 0 unspecified atom stereocenters. The van der Waals surface area contributed by atoms with Crippen LogP contribution in [0.2, 0.25) is 0 Å². The molecule has 0 saturated heterocycles. The van der Waals surface area contributed by atoms with Gasteiger partial charge in [0.1, 0.15) is 0 Å². The summed E-state index contributed by atoms with van der Waals surface area (Å²) in [4.78, 5) is 12.1. The number of hydrazine groups is 1. The van der Waals surface area contributed by atoms with Crippen molar-refractivity contribution in [3.05, 3.63) is 77.9 Å². The first-order chi connectivity index (χ1) is 11.9. The lowest BCUT2D eigenvalue weighted by atomic mass is 10.0. The van der Waals surface area contributed by atoms with E-state index in [9.17, 15) is 18.0 Å². The molecule has 0 heterocycles. The third-order valence-corrected chi connectivity index (χ3v) is 3.80. The first-order valence-electron chi connectivity index (χ1n) is 7.63. The maximum Gasteiger partial charge on any atom is 0.418 e. The standard InChI is InChI=1S/C19H15F3N2O/c20-19(21,22)16-10-3-4-11-17(16)23-24-18(25)12-14-8-5-7-13-6-1-2-9-15(13)14/h1-11,23H,12H2,(H,24,25). The van der Waals surface area contributed by atoms with E-state index in [1.807, 2.05) is 42.5 Å². The van der Waals surface area contributed by atoms with Crippen molar-refractivity contribution in [1.29, 1.82) is 0 Å². The van der Waals surface area contributed by atoms with E-state index in [1.165, 1.54) is 18.2 Å². The molecule has 0 bridgehead atoms. The fourth-order valence-corrected chi connectivity index (χ4v) is 2.64. The first kappa shape index (κ1) is 16.8. The molecular weight excluding hydrogens is 329 g/mol. The predicted molar refractivity (Wildman–Crippen MR) is 90.9 cm³/mol. The van der Waals surface area contributed by atoms with Crippen molar-refractivity contribution < 1.29 is 18.0 Å². The molecule has 2 N–H and O–H groups in total. The van der Waals surface area contributed by atoms with E-state index in [2.05, 4.69) is 10.9 Å². The quantitative estimate of drug-likeness (QED) is 0.682. The second kappa shape index (κ2) is 6.84. The number of nitrogens with one attached hydrogen (secondary N) is 2. The van der Waals surface area contributed by atoms with E-state index in [4.69, 9.17) is 0 Å². The lowest BCUT2D eigenvalue weighted by Gasteiger charge is -2.15. The van der Waals surface area contributed by atoms with Crippen LogP contribution < -0.4 is 10.9 Å². The van der Waals surface area contributed by atoms with Gasteiger partial charge in [-0.1, -0.05) is 54.6 Å². The summed E-state index contributed by atoms with van der Waals surface area (Å²) in [6.45, 7) is 0. The summed E-state index contributed by atoms with van der Waals surface area (Å²) < 4.78 is 38.8. The molecule has 6 heteroatoms. The molecule has 3 nitrogen and oxygen atoms in total. The Labute approximate surface area is 142 Å². The van der Waals surface area contributed by atoms with Crippen molar-refractivity contribution in [2.45, 2.75) is 12.6 Å². The fourth-order valence-electron chi connectivity index (χ4n) is 2.64. The Morgan fingerprint density at radius 3 is 2.36 bits per heavy atom. The van der Waals surface area contributed by atoms with Crippen LogP contribution in [-0.4, -0.2) is 5.91 Å². The van der Waals surface area contributed by atoms with Crippen LogP contribution in [0.15, 0.2) is 66.7 Å². The smallest absolute Gasteiger partial charge is 0.298 e. The van der Waals surface area contributed by atoms with Crippen molar-refractivity contribution in [1.82, 2.24) is 5.43 Å². The molecule has 0 aromatic heterocycles. The normalized spacial score (nSPS) is 11.3. The summed E-state index contributed by atoms with van der Waals surface area (Å²) in [5.41, 5.74) is 4.48. The number of benzene rings is 3. The van der Waals surface area contributed by atoms with Crippen molar-refractivity contribution in [3.63, 3.8) is 0 Å². The van der Waals surface area contributed by atoms with Gasteiger partial charge in [-0.15, -0.1) is 0 Å². The minimum Gasteiger partial charge on any atom is -0.298 e. The number of carbonyl (C=O) groups is 1. The maximum atomic E-state index is 12.9. The molecule has 25 heavy (non-hydrogen) atoms. The number of carbonyl (C=O) groups excluding carboxylic acids is 1. The molecule has 0 aliphatic rings. The lowest BCUT2D eigenvalue weighted by molar-refractivity contribution is -0.137. The number of anilines is 1. The number of rotatable bonds is 4. The van der Waals surface area contributed by atoms with Crippen LogP contribution in [0.4, 0.5) is 18.9 Å². The second-order valence-electron chi connectivity index (χ2n) is 5.53. The molecule has 128 valence electrons. The highest BCUT2D eigenvalue weighted by Crippen LogP contribution is 2.34. The molecule has 3 rings (SSSR count). The molecule has 3 aromatic rings. The molecule has 0 radical (unpaired) electrons. The zero-order valence-electron chi connectivity index (χ0n) is 13.1. The maximum absolute atomic E-state index is 12.9. The summed E-state index contributed by atoms with van der Waals surface area (Å²) in [6, 6.07) is 18.2. The van der Waals surface area contributed by atoms with Gasteiger partial charge in [-0.25, -0.2) is 0 Å². The van der Waals surface area contributed by atoms with Gasteiger partial charge >= 0.3 is 6.18 Å². The van der Waals surface area contributed by atoms with E-state index < -0.39 is 17.6 Å². The third-order valence-electron chi connectivity index (χ3n) is 3.80. The van der Waals surface area contributed by atoms with Gasteiger partial charge in [0.15, 0.2) is 0 Å². The topological polar surface area (TPSA) is 41.1 Å². The number of amides is 1. The highest BCUT2D eigenvalue weighted by Gasteiger charge is 2.33. The van der Waals surface area contributed by atoms with Crippen LogP contribution in [-0.2, 0) is 17.4 Å². The van der Waals surface area contributed by atoms with E-state index >= 15 is 0 Å². The second-order valence-corrected chi connectivity index (χ2v) is 5.53. The van der Waals surface area contributed by atoms with Gasteiger partial charge in [0.25, 0.3) is 0 Å². The number of hydrogen-bond acceptors (Lipinski definition) is 2. The number of alkyl halides is 3. The van der Waals surface area contributed by atoms with E-state index in [0.29, 0.717) is 0 Å². The molecule has 0 saturated carbocycles. The number of hydrogen-bond donors (Lipinski definition) is 2. The summed E-state index contributed by atoms with van der Waals surface area (Å²) in [5.74, 6) is -0.423. The van der Waals surface area contributed by atoms with Crippen LogP contribution in [0, 0.1) is 0 Å². The van der Waals surface area contributed by atoms with Gasteiger partial charge in [-0.05, 0) is 28.5 Å². The van der Waals surface area contributed by atoms with Crippen molar-refractivity contribution in [2.75, 3.05) is 5.43 Å². The van der Waals surface area contributed by atoms with E-state index in [-0.39, 0.29) is 12.1 Å². The first-order valence-corrected chi connectivity index (χ1v) is 7.63. The predicted octanol–water partition coefficient (Wildman–Crippen LogP) is 4.54. The van der Waals surface area contributed by atoms with Gasteiger partial charge in [-0.2, -0.15) is 13.2 Å². The van der Waals surface area contributed by atoms with Crippen molar-refractivity contribution in [2.24, 2.45) is 0 Å². The van der Waals surface area contributed by atoms with Crippen LogP contribution >= 0.6 is 0 Å². The zero-order valence-corrected chi connectivity index (χ0v) is 13.1. The molecule has 0 aliphatic heterocycles. The Morgan fingerprint density at radius 2 is 1.56 bits per heavy atom. The highest BCUT2D eigenvalue weighted by atomic mass is 19.4. The molecule has 0 fully saturated rings. The van der Waals surface area contributed by atoms with Gasteiger partial charge in [-0.3, -0.25) is 15.6 Å². The molecule has 0 aliphatic carbocycles. The Hall–Kier alpha value is -3.02. The van der Waals surface area contributed by atoms with Crippen LogP contribution in [0.5, 0.6) is 0 Å². The largest absolute Gasteiger partial charge is 0.418 e. The summed E-state index contributed by atoms with van der Waals surface area (Å²) in [7, 11) is 0.